The minimum Gasteiger partial charge on any atom is -0.462 e. The third-order valence-corrected chi connectivity index (χ3v) is 5.11. The first-order valence-electron chi connectivity index (χ1n) is 9.33. The van der Waals surface area contributed by atoms with E-state index in [1.54, 1.807) is 17.1 Å². The number of hydrogen-bond donors (Lipinski definition) is 0. The van der Waals surface area contributed by atoms with Gasteiger partial charge in [-0.05, 0) is 32.8 Å². The first-order valence-corrected chi connectivity index (χ1v) is 9.33. The van der Waals surface area contributed by atoms with Gasteiger partial charge in [0.1, 0.15) is 5.56 Å². The zero-order valence-corrected chi connectivity index (χ0v) is 15.9. The van der Waals surface area contributed by atoms with Crippen molar-refractivity contribution in [3.05, 3.63) is 35.9 Å². The van der Waals surface area contributed by atoms with Crippen molar-refractivity contribution < 1.29 is 9.53 Å². The number of aromatic nitrogens is 5. The Bertz CT molecular complexity index is 962. The maximum Gasteiger partial charge on any atom is 0.341 e. The minimum atomic E-state index is -0.341. The van der Waals surface area contributed by atoms with E-state index in [0.29, 0.717) is 12.2 Å². The van der Waals surface area contributed by atoms with E-state index in [4.69, 9.17) is 4.74 Å². The summed E-state index contributed by atoms with van der Waals surface area (Å²) in [5.41, 5.74) is 3.02. The fourth-order valence-corrected chi connectivity index (χ4v) is 3.95. The van der Waals surface area contributed by atoms with Crippen LogP contribution in [0.5, 0.6) is 0 Å². The number of carbonyl (C=O) groups is 1. The first-order chi connectivity index (χ1) is 13.1. The highest BCUT2D eigenvalue weighted by atomic mass is 16.5. The van der Waals surface area contributed by atoms with Crippen molar-refractivity contribution >= 4 is 22.7 Å². The Labute approximate surface area is 157 Å². The van der Waals surface area contributed by atoms with Crippen LogP contribution in [0.25, 0.3) is 11.0 Å². The summed E-state index contributed by atoms with van der Waals surface area (Å²) in [5.74, 6) is -0.341. The van der Waals surface area contributed by atoms with Crippen LogP contribution in [-0.2, 0) is 11.8 Å². The van der Waals surface area contributed by atoms with Crippen molar-refractivity contribution in [3.8, 4) is 0 Å². The number of ether oxygens (including phenoxy) is 1. The van der Waals surface area contributed by atoms with Crippen LogP contribution in [0, 0.1) is 6.92 Å². The summed E-state index contributed by atoms with van der Waals surface area (Å²) < 4.78 is 9.07. The molecule has 0 bridgehead atoms. The lowest BCUT2D eigenvalue weighted by Crippen LogP contribution is -2.38. The number of aryl methyl sites for hydroxylation is 2. The Hall–Kier alpha value is -2.90. The van der Waals surface area contributed by atoms with Crippen LogP contribution in [0.2, 0.25) is 0 Å². The summed E-state index contributed by atoms with van der Waals surface area (Å²) >= 11 is 0. The third kappa shape index (κ3) is 3.05. The molecule has 1 saturated heterocycles. The van der Waals surface area contributed by atoms with E-state index in [1.165, 1.54) is 0 Å². The monoisotopic (exact) mass is 368 g/mol. The molecule has 1 atom stereocenters. The van der Waals surface area contributed by atoms with Crippen LogP contribution in [0.3, 0.4) is 0 Å². The lowest BCUT2D eigenvalue weighted by molar-refractivity contribution is 0.0526. The molecule has 0 amide bonds. The number of esters is 1. The molecule has 0 aliphatic carbocycles. The SMILES string of the molecule is CCOC(=O)c1cnc2c(c(C)nn2C)c1N1CCCC(n2cccn2)C1. The van der Waals surface area contributed by atoms with Gasteiger partial charge in [-0.25, -0.2) is 9.78 Å². The Kier molecular flexibility index (Phi) is 4.55. The molecule has 8 nitrogen and oxygen atoms in total. The lowest BCUT2D eigenvalue weighted by Gasteiger charge is -2.35. The van der Waals surface area contributed by atoms with E-state index in [0.717, 1.165) is 48.3 Å². The highest BCUT2D eigenvalue weighted by Gasteiger charge is 2.29. The van der Waals surface area contributed by atoms with Gasteiger partial charge < -0.3 is 9.64 Å². The Morgan fingerprint density at radius 3 is 3.00 bits per heavy atom. The molecule has 4 rings (SSSR count). The van der Waals surface area contributed by atoms with Crippen molar-refractivity contribution in [2.75, 3.05) is 24.6 Å². The standard InChI is InChI=1S/C19H24N6O2/c1-4-27-19(26)15-11-20-18-16(13(2)22-23(18)3)17(15)24-9-5-7-14(12-24)25-10-6-8-21-25/h6,8,10-11,14H,4-5,7,9,12H2,1-3H3. The van der Waals surface area contributed by atoms with Crippen molar-refractivity contribution in [1.29, 1.82) is 0 Å². The van der Waals surface area contributed by atoms with Crippen molar-refractivity contribution in [2.24, 2.45) is 7.05 Å². The number of rotatable bonds is 4. The number of carbonyl (C=O) groups excluding carboxylic acids is 1. The average molecular weight is 368 g/mol. The molecule has 3 aromatic rings. The van der Waals surface area contributed by atoms with E-state index in [2.05, 4.69) is 20.1 Å². The molecule has 0 saturated carbocycles. The zero-order chi connectivity index (χ0) is 19.0. The fraction of sp³-hybridized carbons (Fsp3) is 0.474. The van der Waals surface area contributed by atoms with Crippen LogP contribution in [0.15, 0.2) is 24.7 Å². The maximum absolute atomic E-state index is 12.6. The molecule has 0 spiro atoms. The topological polar surface area (TPSA) is 78.1 Å². The van der Waals surface area contributed by atoms with Crippen LogP contribution < -0.4 is 4.90 Å². The number of anilines is 1. The Balaban J connectivity index is 1.82. The molecule has 0 aromatic carbocycles. The molecule has 0 N–H and O–H groups in total. The first kappa shape index (κ1) is 17.5. The molecule has 3 aromatic heterocycles. The molecule has 8 heteroatoms. The molecule has 142 valence electrons. The summed E-state index contributed by atoms with van der Waals surface area (Å²) in [6.45, 7) is 5.75. The van der Waals surface area contributed by atoms with Gasteiger partial charge in [-0.2, -0.15) is 10.2 Å². The molecule has 4 heterocycles. The summed E-state index contributed by atoms with van der Waals surface area (Å²) in [7, 11) is 1.87. The molecule has 1 aliphatic heterocycles. The normalized spacial score (nSPS) is 17.4. The number of nitrogens with zero attached hydrogens (tertiary/aromatic N) is 6. The molecule has 0 radical (unpaired) electrons. The van der Waals surface area contributed by atoms with E-state index in [1.807, 2.05) is 37.8 Å². The van der Waals surface area contributed by atoms with Gasteiger partial charge in [0.25, 0.3) is 0 Å². The van der Waals surface area contributed by atoms with Crippen molar-refractivity contribution in [1.82, 2.24) is 24.5 Å². The van der Waals surface area contributed by atoms with Crippen molar-refractivity contribution in [2.45, 2.75) is 32.7 Å². The summed E-state index contributed by atoms with van der Waals surface area (Å²) in [6.07, 6.45) is 7.51. The second-order valence-electron chi connectivity index (χ2n) is 6.88. The largest absolute Gasteiger partial charge is 0.462 e. The van der Waals surface area contributed by atoms with Gasteiger partial charge in [0.15, 0.2) is 5.65 Å². The van der Waals surface area contributed by atoms with Gasteiger partial charge in [0, 0.05) is 38.7 Å². The van der Waals surface area contributed by atoms with E-state index in [-0.39, 0.29) is 12.0 Å². The zero-order valence-electron chi connectivity index (χ0n) is 15.9. The number of fused-ring (bicyclic) bond motifs is 1. The maximum atomic E-state index is 12.6. The molecule has 1 unspecified atom stereocenters. The molecule has 27 heavy (non-hydrogen) atoms. The summed E-state index contributed by atoms with van der Waals surface area (Å²) in [5, 5.41) is 9.85. The second kappa shape index (κ2) is 7.02. The van der Waals surface area contributed by atoms with E-state index >= 15 is 0 Å². The summed E-state index contributed by atoms with van der Waals surface area (Å²) in [4.78, 5) is 19.4. The molecular weight excluding hydrogens is 344 g/mol. The minimum absolute atomic E-state index is 0.268. The predicted molar refractivity (Wildman–Crippen MR) is 102 cm³/mol. The van der Waals surface area contributed by atoms with Crippen LogP contribution >= 0.6 is 0 Å². The van der Waals surface area contributed by atoms with Crippen LogP contribution in [0.4, 0.5) is 5.69 Å². The van der Waals surface area contributed by atoms with Crippen LogP contribution in [0.1, 0.15) is 41.9 Å². The van der Waals surface area contributed by atoms with E-state index < -0.39 is 0 Å². The molecule has 1 fully saturated rings. The predicted octanol–water partition coefficient (Wildman–Crippen LogP) is 2.49. The number of hydrogen-bond acceptors (Lipinski definition) is 6. The van der Waals surface area contributed by atoms with Crippen LogP contribution in [-0.4, -0.2) is 50.2 Å². The Morgan fingerprint density at radius 2 is 2.26 bits per heavy atom. The van der Waals surface area contributed by atoms with Gasteiger partial charge in [0.05, 0.1) is 29.4 Å². The summed E-state index contributed by atoms with van der Waals surface area (Å²) in [6, 6.07) is 2.21. The number of piperidine rings is 1. The van der Waals surface area contributed by atoms with Gasteiger partial charge in [-0.15, -0.1) is 0 Å². The Morgan fingerprint density at radius 1 is 1.41 bits per heavy atom. The smallest absolute Gasteiger partial charge is 0.341 e. The number of pyridine rings is 1. The van der Waals surface area contributed by atoms with E-state index in [9.17, 15) is 4.79 Å². The van der Waals surface area contributed by atoms with Gasteiger partial charge in [0.2, 0.25) is 0 Å². The quantitative estimate of drug-likeness (QED) is 0.659. The van der Waals surface area contributed by atoms with Crippen molar-refractivity contribution in [3.63, 3.8) is 0 Å². The highest BCUT2D eigenvalue weighted by Crippen LogP contribution is 2.35. The average Bonchev–Trinajstić information content (AvgIpc) is 3.30. The molecule has 1 aliphatic rings. The van der Waals surface area contributed by atoms with Gasteiger partial charge in [-0.1, -0.05) is 0 Å². The van der Waals surface area contributed by atoms with Gasteiger partial charge >= 0.3 is 5.97 Å². The second-order valence-corrected chi connectivity index (χ2v) is 6.88. The third-order valence-electron chi connectivity index (χ3n) is 5.11. The van der Waals surface area contributed by atoms with Gasteiger partial charge in [-0.3, -0.25) is 9.36 Å². The molecular formula is C19H24N6O2. The highest BCUT2D eigenvalue weighted by molar-refractivity contribution is 6.05. The fourth-order valence-electron chi connectivity index (χ4n) is 3.95. The lowest BCUT2D eigenvalue weighted by atomic mass is 10.0.